The predicted octanol–water partition coefficient (Wildman–Crippen LogP) is 4.95. The molecule has 1 heterocycles. The highest BCUT2D eigenvalue weighted by Crippen LogP contribution is 2.33. The minimum Gasteiger partial charge on any atom is -0.358 e. The van der Waals surface area contributed by atoms with Crippen molar-refractivity contribution in [3.8, 4) is 0 Å². The third-order valence-electron chi connectivity index (χ3n) is 5.52. The number of likely N-dealkylation sites (N-methyl/N-ethyl adjacent to an activating group) is 1. The lowest BCUT2D eigenvalue weighted by molar-refractivity contribution is -0.117. The lowest BCUT2D eigenvalue weighted by atomic mass is 10.0. The Morgan fingerprint density at radius 3 is 2.29 bits per heavy atom. The number of amides is 3. The lowest BCUT2D eigenvalue weighted by Gasteiger charge is -2.30. The number of nitrogens with zero attached hydrogens (tertiary/aromatic N) is 3. The summed E-state index contributed by atoms with van der Waals surface area (Å²) in [5, 5.41) is 3.71. The molecule has 1 atom stereocenters. The third kappa shape index (κ3) is 5.00. The van der Waals surface area contributed by atoms with Crippen molar-refractivity contribution in [1.82, 2.24) is 4.90 Å². The smallest absolute Gasteiger partial charge is 0.320 e. The molecule has 0 fully saturated rings. The minimum atomic E-state index is -1.11. The first-order valence-electron chi connectivity index (χ1n) is 10.6. The zero-order valence-electron chi connectivity index (χ0n) is 18.4. The van der Waals surface area contributed by atoms with Crippen LogP contribution in [0.15, 0.2) is 77.8 Å². The van der Waals surface area contributed by atoms with Gasteiger partial charge in [0, 0.05) is 46.1 Å². The summed E-state index contributed by atoms with van der Waals surface area (Å²) in [6, 6.07) is 18.8. The lowest BCUT2D eigenvalue weighted by Crippen LogP contribution is -2.44. The summed E-state index contributed by atoms with van der Waals surface area (Å²) in [5.41, 5.74) is 8.11. The van der Waals surface area contributed by atoms with Gasteiger partial charge in [0.25, 0.3) is 5.91 Å². The summed E-state index contributed by atoms with van der Waals surface area (Å²) < 4.78 is 0. The average Bonchev–Trinajstić information content (AvgIpc) is 3.25. The molecule has 7 nitrogen and oxygen atoms in total. The van der Waals surface area contributed by atoms with Crippen LogP contribution in [0.25, 0.3) is 0 Å². The van der Waals surface area contributed by atoms with Gasteiger partial charge in [-0.25, -0.2) is 4.79 Å². The molecule has 174 valence electrons. The van der Waals surface area contributed by atoms with Crippen LogP contribution < -0.4 is 16.0 Å². The molecule has 3 amide bonds. The molecule has 3 aromatic carbocycles. The Morgan fingerprint density at radius 2 is 1.71 bits per heavy atom. The van der Waals surface area contributed by atoms with Crippen LogP contribution in [-0.2, 0) is 4.79 Å². The van der Waals surface area contributed by atoms with Crippen LogP contribution >= 0.6 is 23.2 Å². The highest BCUT2D eigenvalue weighted by Gasteiger charge is 2.33. The minimum absolute atomic E-state index is 0.334. The Kier molecular flexibility index (Phi) is 7.05. The number of carbonyl (C=O) groups is 2. The van der Waals surface area contributed by atoms with Crippen molar-refractivity contribution in [3.63, 3.8) is 0 Å². The Hall–Kier alpha value is -3.55. The summed E-state index contributed by atoms with van der Waals surface area (Å²) in [7, 11) is 1.99. The van der Waals surface area contributed by atoms with Gasteiger partial charge in [-0.05, 0) is 54.6 Å². The molecule has 0 saturated carbocycles. The van der Waals surface area contributed by atoms with E-state index in [1.807, 2.05) is 19.2 Å². The van der Waals surface area contributed by atoms with E-state index in [-0.39, 0.29) is 0 Å². The van der Waals surface area contributed by atoms with Gasteiger partial charge < -0.3 is 16.0 Å². The van der Waals surface area contributed by atoms with Gasteiger partial charge >= 0.3 is 6.03 Å². The van der Waals surface area contributed by atoms with Crippen LogP contribution in [0.2, 0.25) is 10.0 Å². The predicted molar refractivity (Wildman–Crippen MR) is 137 cm³/mol. The molecular formula is C25H23Cl2N5O2. The van der Waals surface area contributed by atoms with Crippen LogP contribution in [0, 0.1) is 0 Å². The normalized spacial score (nSPS) is 13.9. The monoisotopic (exact) mass is 495 g/mol. The molecule has 0 bridgehead atoms. The number of nitrogens with one attached hydrogen (secondary N) is 1. The van der Waals surface area contributed by atoms with Crippen molar-refractivity contribution in [2.45, 2.75) is 6.04 Å². The van der Waals surface area contributed by atoms with E-state index in [0.717, 1.165) is 24.5 Å². The molecule has 4 rings (SSSR count). The Labute approximate surface area is 207 Å². The molecule has 1 unspecified atom stereocenters. The fourth-order valence-electron chi connectivity index (χ4n) is 3.86. The van der Waals surface area contributed by atoms with Crippen LogP contribution in [-0.4, -0.2) is 42.8 Å². The number of hydrogen-bond donors (Lipinski definition) is 2. The second-order valence-corrected chi connectivity index (χ2v) is 8.65. The highest BCUT2D eigenvalue weighted by molar-refractivity contribution is 6.32. The number of nitrogens with two attached hydrogens (primary N) is 1. The van der Waals surface area contributed by atoms with E-state index in [4.69, 9.17) is 28.9 Å². The Morgan fingerprint density at radius 1 is 1.03 bits per heavy atom. The summed E-state index contributed by atoms with van der Waals surface area (Å²) in [6.45, 7) is 1.64. The number of amidine groups is 1. The van der Waals surface area contributed by atoms with Crippen LogP contribution in [0.5, 0.6) is 0 Å². The van der Waals surface area contributed by atoms with Gasteiger partial charge in [-0.15, -0.1) is 0 Å². The van der Waals surface area contributed by atoms with E-state index < -0.39 is 18.0 Å². The number of aliphatic imine (C=N–C) groups is 1. The molecule has 0 aromatic heterocycles. The second kappa shape index (κ2) is 10.2. The van der Waals surface area contributed by atoms with Crippen LogP contribution in [0.1, 0.15) is 17.2 Å². The van der Waals surface area contributed by atoms with E-state index in [1.165, 1.54) is 4.90 Å². The van der Waals surface area contributed by atoms with Crippen molar-refractivity contribution in [3.05, 3.63) is 94.0 Å². The summed E-state index contributed by atoms with van der Waals surface area (Å²) in [5.74, 6) is 0.444. The number of primary amides is 1. The topological polar surface area (TPSA) is 91.0 Å². The van der Waals surface area contributed by atoms with E-state index in [2.05, 4.69) is 15.2 Å². The average molecular weight is 496 g/mol. The van der Waals surface area contributed by atoms with E-state index in [1.54, 1.807) is 60.7 Å². The third-order valence-corrected chi connectivity index (χ3v) is 6.11. The standard InChI is InChI=1S/C25H23Cl2N5O2/c1-31-15-14-29-23(31)16-6-10-18(11-7-16)30-24(33)22(20-4-2-3-5-21(20)27)32(25(28)34)19-12-8-17(26)9-13-19/h2-13,22H,14-15H2,1H3,(H2,28,34)(H,30,33). The molecule has 3 N–H and O–H groups in total. The molecule has 0 spiro atoms. The van der Waals surface area contributed by atoms with Gasteiger partial charge in [-0.2, -0.15) is 0 Å². The number of hydrogen-bond acceptors (Lipinski definition) is 4. The Balaban J connectivity index is 1.67. The molecule has 3 aromatic rings. The number of urea groups is 1. The van der Waals surface area contributed by atoms with Crippen LogP contribution in [0.3, 0.4) is 0 Å². The maximum absolute atomic E-state index is 13.6. The molecule has 1 aliphatic heterocycles. The zero-order chi connectivity index (χ0) is 24.2. The maximum Gasteiger partial charge on any atom is 0.320 e. The van der Waals surface area contributed by atoms with Gasteiger partial charge in [0.15, 0.2) is 0 Å². The molecule has 1 aliphatic rings. The van der Waals surface area contributed by atoms with Gasteiger partial charge in [0.05, 0.1) is 6.54 Å². The van der Waals surface area contributed by atoms with Crippen molar-refractivity contribution >= 4 is 52.4 Å². The van der Waals surface area contributed by atoms with Crippen molar-refractivity contribution < 1.29 is 9.59 Å². The zero-order valence-corrected chi connectivity index (χ0v) is 19.9. The van der Waals surface area contributed by atoms with Crippen molar-refractivity contribution in [2.75, 3.05) is 30.4 Å². The van der Waals surface area contributed by atoms with E-state index in [0.29, 0.717) is 27.0 Å². The Bertz CT molecular complexity index is 1230. The van der Waals surface area contributed by atoms with Gasteiger partial charge in [0.2, 0.25) is 0 Å². The summed E-state index contributed by atoms with van der Waals surface area (Å²) in [6.07, 6.45) is 0. The molecule has 9 heteroatoms. The molecule has 0 aliphatic carbocycles. The van der Waals surface area contributed by atoms with Crippen LogP contribution in [0.4, 0.5) is 16.2 Å². The number of carbonyl (C=O) groups excluding carboxylic acids is 2. The molecular weight excluding hydrogens is 473 g/mol. The van der Waals surface area contributed by atoms with E-state index in [9.17, 15) is 9.59 Å². The van der Waals surface area contributed by atoms with Gasteiger partial charge in [0.1, 0.15) is 11.9 Å². The first-order chi connectivity index (χ1) is 16.3. The number of halogens is 2. The van der Waals surface area contributed by atoms with E-state index >= 15 is 0 Å². The first kappa shape index (κ1) is 23.6. The second-order valence-electron chi connectivity index (χ2n) is 7.80. The molecule has 34 heavy (non-hydrogen) atoms. The highest BCUT2D eigenvalue weighted by atomic mass is 35.5. The van der Waals surface area contributed by atoms with Crippen molar-refractivity contribution in [2.24, 2.45) is 10.7 Å². The number of rotatable bonds is 6. The fraction of sp³-hybridized carbons (Fsp3) is 0.160. The van der Waals surface area contributed by atoms with Gasteiger partial charge in [-0.3, -0.25) is 14.7 Å². The SMILES string of the molecule is CN1CCN=C1c1ccc(NC(=O)C(c2ccccc2Cl)N(C(N)=O)c2ccc(Cl)cc2)cc1. The largest absolute Gasteiger partial charge is 0.358 e. The van der Waals surface area contributed by atoms with Gasteiger partial charge in [-0.1, -0.05) is 41.4 Å². The summed E-state index contributed by atoms with van der Waals surface area (Å²) in [4.78, 5) is 33.9. The fourth-order valence-corrected chi connectivity index (χ4v) is 4.22. The quantitative estimate of drug-likeness (QED) is 0.506. The number of anilines is 2. The molecule has 0 radical (unpaired) electrons. The summed E-state index contributed by atoms with van der Waals surface area (Å²) >= 11 is 12.4. The molecule has 0 saturated heterocycles. The number of benzene rings is 3. The first-order valence-corrected chi connectivity index (χ1v) is 11.4. The van der Waals surface area contributed by atoms with Crippen molar-refractivity contribution in [1.29, 1.82) is 0 Å². The maximum atomic E-state index is 13.6.